The number of benzene rings is 1. The maximum atomic E-state index is 5.81. The maximum absolute atomic E-state index is 5.81. The third-order valence-corrected chi connectivity index (χ3v) is 4.13. The van der Waals surface area contributed by atoms with Gasteiger partial charge in [-0.2, -0.15) is 0 Å². The third kappa shape index (κ3) is 3.88. The van der Waals surface area contributed by atoms with E-state index in [0.29, 0.717) is 11.2 Å². The zero-order valence-corrected chi connectivity index (χ0v) is 10.8. The smallest absolute Gasteiger partial charge is 0.0266 e. The van der Waals surface area contributed by atoms with Crippen molar-refractivity contribution >= 4 is 11.8 Å². The summed E-state index contributed by atoms with van der Waals surface area (Å²) in [6.07, 6.45) is 0. The number of nitrogens with two attached hydrogens (primary N) is 1. The Kier molecular flexibility index (Phi) is 4.68. The normalized spacial score (nSPS) is 15.3. The first-order chi connectivity index (χ1) is 7.00. The summed E-state index contributed by atoms with van der Waals surface area (Å²) in [6, 6.07) is 8.72. The van der Waals surface area contributed by atoms with Gasteiger partial charge in [0.25, 0.3) is 0 Å². The molecule has 1 rings (SSSR count). The standard InChI is InChI=1S/C13H21NS/c1-9(2)11(4)15-13-7-5-12(6-8-13)10(3)14/h5-11H,14H2,1-4H3/t10-,11?/m0/s1. The molecule has 2 N–H and O–H groups in total. The highest BCUT2D eigenvalue weighted by Crippen LogP contribution is 2.28. The van der Waals surface area contributed by atoms with Gasteiger partial charge in [-0.1, -0.05) is 32.9 Å². The van der Waals surface area contributed by atoms with Gasteiger partial charge in [-0.3, -0.25) is 0 Å². The minimum absolute atomic E-state index is 0.131. The van der Waals surface area contributed by atoms with Crippen LogP contribution in [-0.2, 0) is 0 Å². The van der Waals surface area contributed by atoms with Gasteiger partial charge in [0, 0.05) is 16.2 Å². The van der Waals surface area contributed by atoms with Gasteiger partial charge in [0.15, 0.2) is 0 Å². The Morgan fingerprint density at radius 3 is 1.93 bits per heavy atom. The second-order valence-corrected chi connectivity index (χ2v) is 5.88. The average molecular weight is 223 g/mol. The van der Waals surface area contributed by atoms with Gasteiger partial charge in [-0.25, -0.2) is 0 Å². The van der Waals surface area contributed by atoms with Crippen molar-refractivity contribution in [2.75, 3.05) is 0 Å². The number of hydrogen-bond acceptors (Lipinski definition) is 2. The summed E-state index contributed by atoms with van der Waals surface area (Å²) in [6.45, 7) is 8.80. The highest BCUT2D eigenvalue weighted by molar-refractivity contribution is 8.00. The van der Waals surface area contributed by atoms with E-state index in [0.717, 1.165) is 0 Å². The highest BCUT2D eigenvalue weighted by atomic mass is 32.2. The molecule has 1 aromatic rings. The molecule has 0 fully saturated rings. The lowest BCUT2D eigenvalue weighted by molar-refractivity contribution is 0.642. The van der Waals surface area contributed by atoms with Crippen molar-refractivity contribution in [3.05, 3.63) is 29.8 Å². The Labute approximate surface area is 97.4 Å². The van der Waals surface area contributed by atoms with Crippen LogP contribution in [0.3, 0.4) is 0 Å². The Hall–Kier alpha value is -0.470. The molecule has 15 heavy (non-hydrogen) atoms. The van der Waals surface area contributed by atoms with Crippen LogP contribution in [0, 0.1) is 5.92 Å². The second kappa shape index (κ2) is 5.57. The van der Waals surface area contributed by atoms with Crippen LogP contribution in [0.2, 0.25) is 0 Å². The molecule has 0 saturated carbocycles. The van der Waals surface area contributed by atoms with E-state index in [2.05, 4.69) is 45.0 Å². The van der Waals surface area contributed by atoms with E-state index < -0.39 is 0 Å². The Morgan fingerprint density at radius 2 is 1.53 bits per heavy atom. The molecule has 84 valence electrons. The van der Waals surface area contributed by atoms with E-state index in [-0.39, 0.29) is 6.04 Å². The Morgan fingerprint density at radius 1 is 1.00 bits per heavy atom. The molecule has 1 aromatic carbocycles. The van der Waals surface area contributed by atoms with E-state index in [9.17, 15) is 0 Å². The second-order valence-electron chi connectivity index (χ2n) is 4.42. The first-order valence-corrected chi connectivity index (χ1v) is 6.41. The summed E-state index contributed by atoms with van der Waals surface area (Å²) >= 11 is 1.93. The van der Waals surface area contributed by atoms with E-state index >= 15 is 0 Å². The van der Waals surface area contributed by atoms with Crippen molar-refractivity contribution in [2.45, 2.75) is 43.9 Å². The summed E-state index contributed by atoms with van der Waals surface area (Å²) < 4.78 is 0. The highest BCUT2D eigenvalue weighted by Gasteiger charge is 2.08. The Balaban J connectivity index is 2.64. The van der Waals surface area contributed by atoms with Crippen LogP contribution in [0.1, 0.15) is 39.3 Å². The summed E-state index contributed by atoms with van der Waals surface area (Å²) in [5, 5.41) is 0.658. The predicted octanol–water partition coefficient (Wildman–Crippen LogP) is 3.84. The van der Waals surface area contributed by atoms with Gasteiger partial charge >= 0.3 is 0 Å². The summed E-state index contributed by atoms with van der Waals surface area (Å²) in [4.78, 5) is 1.33. The van der Waals surface area contributed by atoms with Crippen LogP contribution in [0.4, 0.5) is 0 Å². The van der Waals surface area contributed by atoms with Gasteiger partial charge in [0.1, 0.15) is 0 Å². The van der Waals surface area contributed by atoms with Crippen LogP contribution in [0.25, 0.3) is 0 Å². The Bertz CT molecular complexity index is 290. The molecular formula is C13H21NS. The van der Waals surface area contributed by atoms with Crippen LogP contribution >= 0.6 is 11.8 Å². The lowest BCUT2D eigenvalue weighted by Gasteiger charge is -2.15. The molecule has 2 heteroatoms. The van der Waals surface area contributed by atoms with Crippen molar-refractivity contribution in [3.63, 3.8) is 0 Å². The van der Waals surface area contributed by atoms with Crippen molar-refractivity contribution in [1.29, 1.82) is 0 Å². The summed E-state index contributed by atoms with van der Waals surface area (Å²) in [7, 11) is 0. The molecule has 0 aliphatic carbocycles. The van der Waals surface area contributed by atoms with E-state index in [1.54, 1.807) is 0 Å². The number of rotatable bonds is 4. The predicted molar refractivity (Wildman–Crippen MR) is 69.2 cm³/mol. The zero-order chi connectivity index (χ0) is 11.4. The molecule has 0 amide bonds. The molecule has 0 radical (unpaired) electrons. The van der Waals surface area contributed by atoms with E-state index in [1.165, 1.54) is 10.5 Å². The first kappa shape index (κ1) is 12.6. The van der Waals surface area contributed by atoms with Crippen LogP contribution in [0.15, 0.2) is 29.2 Å². The largest absolute Gasteiger partial charge is 0.324 e. The molecule has 0 aliphatic heterocycles. The van der Waals surface area contributed by atoms with E-state index in [1.807, 2.05) is 18.7 Å². The van der Waals surface area contributed by atoms with Gasteiger partial charge in [0.05, 0.1) is 0 Å². The molecule has 2 atom stereocenters. The fraction of sp³-hybridized carbons (Fsp3) is 0.538. The number of thioether (sulfide) groups is 1. The van der Waals surface area contributed by atoms with Crippen LogP contribution in [0.5, 0.6) is 0 Å². The van der Waals surface area contributed by atoms with Crippen molar-refractivity contribution in [2.24, 2.45) is 11.7 Å². The SMILES string of the molecule is CC(C)C(C)Sc1ccc([C@H](C)N)cc1. The molecule has 0 saturated heterocycles. The lowest BCUT2D eigenvalue weighted by Crippen LogP contribution is -2.06. The van der Waals surface area contributed by atoms with Gasteiger partial charge in [-0.15, -0.1) is 11.8 Å². The van der Waals surface area contributed by atoms with Gasteiger partial charge in [0.2, 0.25) is 0 Å². The van der Waals surface area contributed by atoms with Crippen molar-refractivity contribution < 1.29 is 0 Å². The maximum Gasteiger partial charge on any atom is 0.0266 e. The molecular weight excluding hydrogens is 202 g/mol. The molecule has 0 aromatic heterocycles. The molecule has 0 aliphatic rings. The minimum Gasteiger partial charge on any atom is -0.324 e. The van der Waals surface area contributed by atoms with Crippen molar-refractivity contribution in [1.82, 2.24) is 0 Å². The zero-order valence-electron chi connectivity index (χ0n) is 10.0. The first-order valence-electron chi connectivity index (χ1n) is 5.53. The van der Waals surface area contributed by atoms with Crippen molar-refractivity contribution in [3.8, 4) is 0 Å². The van der Waals surface area contributed by atoms with Crippen LogP contribution < -0.4 is 5.73 Å². The lowest BCUT2D eigenvalue weighted by atomic mass is 10.1. The molecule has 0 heterocycles. The minimum atomic E-state index is 0.131. The fourth-order valence-electron chi connectivity index (χ4n) is 1.20. The average Bonchev–Trinajstić information content (AvgIpc) is 2.18. The fourth-order valence-corrected chi connectivity index (χ4v) is 2.20. The quantitative estimate of drug-likeness (QED) is 0.785. The van der Waals surface area contributed by atoms with E-state index in [4.69, 9.17) is 5.73 Å². The monoisotopic (exact) mass is 223 g/mol. The van der Waals surface area contributed by atoms with Crippen LogP contribution in [-0.4, -0.2) is 5.25 Å². The molecule has 1 nitrogen and oxygen atoms in total. The van der Waals surface area contributed by atoms with Gasteiger partial charge in [-0.05, 0) is 30.5 Å². The summed E-state index contributed by atoms with van der Waals surface area (Å²) in [5.41, 5.74) is 7.01. The third-order valence-electron chi connectivity index (χ3n) is 2.67. The summed E-state index contributed by atoms with van der Waals surface area (Å²) in [5.74, 6) is 0.711. The molecule has 0 bridgehead atoms. The van der Waals surface area contributed by atoms with Gasteiger partial charge < -0.3 is 5.73 Å². The topological polar surface area (TPSA) is 26.0 Å². The molecule has 0 spiro atoms. The molecule has 1 unspecified atom stereocenters. The number of hydrogen-bond donors (Lipinski definition) is 1.